The van der Waals surface area contributed by atoms with Gasteiger partial charge in [-0.1, -0.05) is 23.7 Å². The smallest absolute Gasteiger partial charge is 0.303 e. The van der Waals surface area contributed by atoms with Crippen LogP contribution < -0.4 is 5.32 Å². The zero-order valence-electron chi connectivity index (χ0n) is 13.1. The zero-order valence-corrected chi connectivity index (χ0v) is 13.8. The molecule has 0 spiro atoms. The number of nitrogens with one attached hydrogen (secondary N) is 1. The monoisotopic (exact) mass is 343 g/mol. The quantitative estimate of drug-likeness (QED) is 0.812. The van der Waals surface area contributed by atoms with E-state index in [0.29, 0.717) is 28.6 Å². The van der Waals surface area contributed by atoms with E-state index >= 15 is 0 Å². The van der Waals surface area contributed by atoms with Crippen molar-refractivity contribution in [3.8, 4) is 0 Å². The molecule has 1 fully saturated rings. The lowest BCUT2D eigenvalue weighted by atomic mass is 10.1. The number of aryl methyl sites for hydroxylation is 1. The number of aliphatic carboxylic acids is 1. The SMILES string of the molecule is O=C(O)CCc1ccc(NC(=O)c2cc(Cl)cc(C3CC3)c2)cc1. The summed E-state index contributed by atoms with van der Waals surface area (Å²) in [6.45, 7) is 0. The van der Waals surface area contributed by atoms with Crippen LogP contribution in [0, 0.1) is 0 Å². The van der Waals surface area contributed by atoms with Crippen molar-refractivity contribution in [3.63, 3.8) is 0 Å². The highest BCUT2D eigenvalue weighted by Crippen LogP contribution is 2.41. The Hall–Kier alpha value is -2.33. The molecule has 4 nitrogen and oxygen atoms in total. The maximum atomic E-state index is 12.4. The first-order valence-corrected chi connectivity index (χ1v) is 8.31. The summed E-state index contributed by atoms with van der Waals surface area (Å²) in [4.78, 5) is 23.0. The van der Waals surface area contributed by atoms with E-state index in [1.165, 1.54) is 0 Å². The first-order valence-electron chi connectivity index (χ1n) is 7.94. The van der Waals surface area contributed by atoms with Gasteiger partial charge in [0.1, 0.15) is 0 Å². The fourth-order valence-electron chi connectivity index (χ4n) is 2.61. The van der Waals surface area contributed by atoms with Gasteiger partial charge < -0.3 is 10.4 Å². The Balaban J connectivity index is 1.67. The van der Waals surface area contributed by atoms with E-state index in [1.807, 2.05) is 24.3 Å². The molecule has 1 saturated carbocycles. The number of halogens is 1. The molecule has 1 aliphatic carbocycles. The van der Waals surface area contributed by atoms with Gasteiger partial charge in [0.15, 0.2) is 0 Å². The van der Waals surface area contributed by atoms with Gasteiger partial charge in [-0.05, 0) is 66.6 Å². The van der Waals surface area contributed by atoms with Crippen LogP contribution in [0.15, 0.2) is 42.5 Å². The van der Waals surface area contributed by atoms with Gasteiger partial charge in [-0.25, -0.2) is 0 Å². The van der Waals surface area contributed by atoms with Gasteiger partial charge in [0, 0.05) is 22.7 Å². The Labute approximate surface area is 145 Å². The van der Waals surface area contributed by atoms with Crippen molar-refractivity contribution < 1.29 is 14.7 Å². The Bertz CT molecular complexity index is 767. The van der Waals surface area contributed by atoms with Gasteiger partial charge in [-0.2, -0.15) is 0 Å². The van der Waals surface area contributed by atoms with Crippen molar-refractivity contribution in [3.05, 3.63) is 64.2 Å². The average molecular weight is 344 g/mol. The molecule has 5 heteroatoms. The van der Waals surface area contributed by atoms with Crippen molar-refractivity contribution in [2.75, 3.05) is 5.32 Å². The molecule has 2 aromatic rings. The van der Waals surface area contributed by atoms with E-state index in [4.69, 9.17) is 16.7 Å². The van der Waals surface area contributed by atoms with E-state index in [1.54, 1.807) is 18.2 Å². The van der Waals surface area contributed by atoms with Gasteiger partial charge in [0.2, 0.25) is 0 Å². The Morgan fingerprint density at radius 2 is 1.83 bits per heavy atom. The van der Waals surface area contributed by atoms with Crippen molar-refractivity contribution in [1.82, 2.24) is 0 Å². The minimum absolute atomic E-state index is 0.0954. The number of hydrogen-bond donors (Lipinski definition) is 2. The predicted octanol–water partition coefficient (Wildman–Crippen LogP) is 4.49. The maximum Gasteiger partial charge on any atom is 0.303 e. The standard InChI is InChI=1S/C19H18ClNO3/c20-16-10-14(13-4-5-13)9-15(11-16)19(24)21-17-6-1-12(2-7-17)3-8-18(22)23/h1-2,6-7,9-11,13H,3-5,8H2,(H,21,24)(H,22,23). The van der Waals surface area contributed by atoms with Crippen LogP contribution in [0.1, 0.15) is 46.7 Å². The molecule has 2 N–H and O–H groups in total. The molecule has 0 bridgehead atoms. The summed E-state index contributed by atoms with van der Waals surface area (Å²) in [6, 6.07) is 12.7. The molecule has 0 unspecified atom stereocenters. The van der Waals surface area contributed by atoms with Crippen LogP contribution >= 0.6 is 11.6 Å². The molecule has 24 heavy (non-hydrogen) atoms. The molecule has 0 aliphatic heterocycles. The molecule has 0 aromatic heterocycles. The molecular weight excluding hydrogens is 326 g/mol. The second-order valence-electron chi connectivity index (χ2n) is 6.09. The van der Waals surface area contributed by atoms with Crippen molar-refractivity contribution >= 4 is 29.2 Å². The highest BCUT2D eigenvalue weighted by atomic mass is 35.5. The minimum Gasteiger partial charge on any atom is -0.481 e. The van der Waals surface area contributed by atoms with Crippen LogP contribution in [0.3, 0.4) is 0 Å². The normalized spacial score (nSPS) is 13.5. The topological polar surface area (TPSA) is 66.4 Å². The van der Waals surface area contributed by atoms with E-state index in [9.17, 15) is 9.59 Å². The molecular formula is C19H18ClNO3. The van der Waals surface area contributed by atoms with E-state index in [-0.39, 0.29) is 12.3 Å². The predicted molar refractivity (Wildman–Crippen MR) is 93.8 cm³/mol. The molecule has 3 rings (SSSR count). The van der Waals surface area contributed by atoms with Gasteiger partial charge >= 0.3 is 5.97 Å². The number of carboxylic acid groups (broad SMARTS) is 1. The first kappa shape index (κ1) is 16.5. The van der Waals surface area contributed by atoms with Crippen molar-refractivity contribution in [2.45, 2.75) is 31.6 Å². The lowest BCUT2D eigenvalue weighted by Crippen LogP contribution is -2.12. The first-order chi connectivity index (χ1) is 11.5. The number of carbonyl (C=O) groups excluding carboxylic acids is 1. The largest absolute Gasteiger partial charge is 0.481 e. The number of hydrogen-bond acceptors (Lipinski definition) is 2. The summed E-state index contributed by atoms with van der Waals surface area (Å²) in [5.41, 5.74) is 3.28. The van der Waals surface area contributed by atoms with Gasteiger partial charge in [-0.3, -0.25) is 9.59 Å². The van der Waals surface area contributed by atoms with E-state index in [2.05, 4.69) is 5.32 Å². The highest BCUT2D eigenvalue weighted by Gasteiger charge is 2.24. The number of rotatable bonds is 6. The minimum atomic E-state index is -0.820. The summed E-state index contributed by atoms with van der Waals surface area (Å²) in [7, 11) is 0. The van der Waals surface area contributed by atoms with Crippen molar-refractivity contribution in [2.24, 2.45) is 0 Å². The Morgan fingerprint density at radius 1 is 1.12 bits per heavy atom. The number of carboxylic acids is 1. The molecule has 1 aliphatic rings. The van der Waals surface area contributed by atoms with Gasteiger partial charge in [0.05, 0.1) is 0 Å². The number of benzene rings is 2. The van der Waals surface area contributed by atoms with Crippen LogP contribution in [0.25, 0.3) is 0 Å². The molecule has 0 atom stereocenters. The summed E-state index contributed by atoms with van der Waals surface area (Å²) < 4.78 is 0. The average Bonchev–Trinajstić information content (AvgIpc) is 3.38. The number of anilines is 1. The molecule has 2 aromatic carbocycles. The summed E-state index contributed by atoms with van der Waals surface area (Å²) in [5.74, 6) is -0.485. The Morgan fingerprint density at radius 3 is 2.46 bits per heavy atom. The lowest BCUT2D eigenvalue weighted by molar-refractivity contribution is -0.136. The fraction of sp³-hybridized carbons (Fsp3) is 0.263. The zero-order chi connectivity index (χ0) is 17.1. The maximum absolute atomic E-state index is 12.4. The van der Waals surface area contributed by atoms with Crippen LogP contribution in [-0.4, -0.2) is 17.0 Å². The van der Waals surface area contributed by atoms with Gasteiger partial charge in [-0.15, -0.1) is 0 Å². The third-order valence-electron chi connectivity index (χ3n) is 4.07. The lowest BCUT2D eigenvalue weighted by Gasteiger charge is -2.08. The molecule has 124 valence electrons. The number of carbonyl (C=O) groups is 2. The molecule has 0 radical (unpaired) electrons. The fourth-order valence-corrected chi connectivity index (χ4v) is 2.85. The summed E-state index contributed by atoms with van der Waals surface area (Å²) in [5, 5.41) is 12.1. The summed E-state index contributed by atoms with van der Waals surface area (Å²) >= 11 is 6.12. The number of amides is 1. The van der Waals surface area contributed by atoms with E-state index in [0.717, 1.165) is 24.0 Å². The molecule has 1 amide bonds. The Kier molecular flexibility index (Phi) is 4.86. The van der Waals surface area contributed by atoms with Crippen molar-refractivity contribution in [1.29, 1.82) is 0 Å². The highest BCUT2D eigenvalue weighted by molar-refractivity contribution is 6.31. The second kappa shape index (κ2) is 7.05. The third-order valence-corrected chi connectivity index (χ3v) is 4.29. The van der Waals surface area contributed by atoms with Gasteiger partial charge in [0.25, 0.3) is 5.91 Å². The van der Waals surface area contributed by atoms with E-state index < -0.39 is 5.97 Å². The molecule has 0 heterocycles. The summed E-state index contributed by atoms with van der Waals surface area (Å²) in [6.07, 6.45) is 2.87. The van der Waals surface area contributed by atoms with Crippen LogP contribution in [0.5, 0.6) is 0 Å². The van der Waals surface area contributed by atoms with Crippen LogP contribution in [0.2, 0.25) is 5.02 Å². The van der Waals surface area contributed by atoms with Crippen LogP contribution in [-0.2, 0) is 11.2 Å². The molecule has 0 saturated heterocycles. The van der Waals surface area contributed by atoms with Crippen LogP contribution in [0.4, 0.5) is 5.69 Å². The second-order valence-corrected chi connectivity index (χ2v) is 6.53. The third kappa shape index (κ3) is 4.36.